The highest BCUT2D eigenvalue weighted by Gasteiger charge is 2.19. The second-order valence-electron chi connectivity index (χ2n) is 10.1. The van der Waals surface area contributed by atoms with E-state index in [1.165, 1.54) is 0 Å². The molecule has 0 bridgehead atoms. The van der Waals surface area contributed by atoms with Crippen molar-refractivity contribution < 1.29 is 27.5 Å². The topological polar surface area (TPSA) is 158 Å². The second kappa shape index (κ2) is 18.0. The lowest BCUT2D eigenvalue weighted by Crippen LogP contribution is -2.34. The Morgan fingerprint density at radius 1 is 0.714 bits per heavy atom. The highest BCUT2D eigenvalue weighted by atomic mass is 32.2. The molecule has 0 aromatic heterocycles. The maximum Gasteiger partial charge on any atom is 0.420 e. The smallest absolute Gasteiger partial charge is 0.420 e. The lowest BCUT2D eigenvalue weighted by atomic mass is 10.1. The summed E-state index contributed by atoms with van der Waals surface area (Å²) in [5, 5.41) is 0. The Morgan fingerprint density at radius 3 is 1.31 bits per heavy atom. The molecule has 2 rings (SSSR count). The zero-order valence-electron chi connectivity index (χ0n) is 24.7. The molecule has 0 radical (unpaired) electrons. The van der Waals surface area contributed by atoms with E-state index in [0.717, 1.165) is 11.1 Å². The summed E-state index contributed by atoms with van der Waals surface area (Å²) in [6, 6.07) is 18.5. The van der Waals surface area contributed by atoms with Crippen LogP contribution in [0.15, 0.2) is 86.0 Å². The van der Waals surface area contributed by atoms with Crippen LogP contribution in [-0.4, -0.2) is 32.1 Å². The molecule has 0 saturated carbocycles. The highest BCUT2D eigenvalue weighted by molar-refractivity contribution is 7.91. The molecule has 0 fully saturated rings. The highest BCUT2D eigenvalue weighted by Crippen LogP contribution is 2.17. The van der Waals surface area contributed by atoms with Gasteiger partial charge in [-0.15, -0.1) is 13.2 Å². The zero-order chi connectivity index (χ0) is 31.8. The van der Waals surface area contributed by atoms with Crippen LogP contribution in [0.2, 0.25) is 0 Å². The fourth-order valence-electron chi connectivity index (χ4n) is 3.81. The summed E-state index contributed by atoms with van der Waals surface area (Å²) in [5.41, 5.74) is 1.67. The number of allylic oxidation sites excluding steroid dienone is 2. The first kappa shape index (κ1) is 36.4. The van der Waals surface area contributed by atoms with E-state index >= 15 is 0 Å². The largest absolute Gasteiger partial charge is 0.441 e. The Morgan fingerprint density at radius 2 is 1.02 bits per heavy atom. The van der Waals surface area contributed by atoms with Gasteiger partial charge >= 0.3 is 12.2 Å². The molecule has 0 spiro atoms. The molecule has 2 aromatic carbocycles. The van der Waals surface area contributed by atoms with E-state index in [0.29, 0.717) is 12.8 Å². The zero-order valence-corrected chi connectivity index (χ0v) is 26.4. The molecule has 232 valence electrons. The van der Waals surface area contributed by atoms with Crippen LogP contribution in [0.25, 0.3) is 0 Å². The van der Waals surface area contributed by atoms with Gasteiger partial charge in [0, 0.05) is 0 Å². The van der Waals surface area contributed by atoms with E-state index in [4.69, 9.17) is 19.0 Å². The van der Waals surface area contributed by atoms with Crippen LogP contribution in [-0.2, 0) is 29.3 Å². The first-order chi connectivity index (χ1) is 19.7. The summed E-state index contributed by atoms with van der Waals surface area (Å²) in [4.78, 5) is 23.5. The minimum atomic E-state index is -3.20. The molecule has 0 aliphatic rings. The van der Waals surface area contributed by atoms with E-state index in [9.17, 15) is 18.0 Å². The third-order valence-electron chi connectivity index (χ3n) is 5.78. The van der Waals surface area contributed by atoms with Crippen LogP contribution in [0.3, 0.4) is 0 Å². The van der Waals surface area contributed by atoms with Crippen LogP contribution >= 0.6 is 0 Å². The number of hydrogen-bond donors (Lipinski definition) is 4. The number of carbonyl (C=O) groups is 2. The van der Waals surface area contributed by atoms with Gasteiger partial charge in [-0.25, -0.2) is 37.0 Å². The average molecular weight is 621 g/mol. The van der Waals surface area contributed by atoms with E-state index in [1.807, 2.05) is 74.5 Å². The number of carbonyl (C=O) groups excluding carboxylic acids is 2. The van der Waals surface area contributed by atoms with Crippen LogP contribution < -0.4 is 9.44 Å². The monoisotopic (exact) mass is 620 g/mol. The minimum Gasteiger partial charge on any atom is -0.441 e. The fourth-order valence-corrected chi connectivity index (χ4v) is 6.49. The summed E-state index contributed by atoms with van der Waals surface area (Å²) in [5.74, 6) is 0.181. The lowest BCUT2D eigenvalue weighted by Gasteiger charge is -2.17. The third kappa shape index (κ3) is 15.4. The Labute approximate surface area is 251 Å². The van der Waals surface area contributed by atoms with Gasteiger partial charge in [0.1, 0.15) is 32.0 Å². The van der Waals surface area contributed by atoms with Crippen molar-refractivity contribution in [1.29, 1.82) is 9.56 Å². The Balaban J connectivity index is 0.000000420. The molecule has 0 aliphatic heterocycles. The Bertz CT molecular complexity index is 1250. The normalized spacial score (nSPS) is 16.3. The van der Waals surface area contributed by atoms with Crippen molar-refractivity contribution in [2.24, 2.45) is 11.8 Å². The lowest BCUT2D eigenvalue weighted by molar-refractivity contribution is 0.112. The van der Waals surface area contributed by atoms with Gasteiger partial charge in [0.2, 0.25) is 0 Å². The average Bonchev–Trinajstić information content (AvgIpc) is 2.88. The van der Waals surface area contributed by atoms with E-state index in [2.05, 4.69) is 22.6 Å². The summed E-state index contributed by atoms with van der Waals surface area (Å²) < 4.78 is 54.0. The maximum atomic E-state index is 12.0. The van der Waals surface area contributed by atoms with Gasteiger partial charge in [0.25, 0.3) is 0 Å². The van der Waals surface area contributed by atoms with Gasteiger partial charge in [-0.1, -0.05) is 86.7 Å². The molecule has 10 nitrogen and oxygen atoms in total. The molecule has 2 unspecified atom stereocenters. The van der Waals surface area contributed by atoms with Crippen molar-refractivity contribution in [3.8, 4) is 0 Å². The van der Waals surface area contributed by atoms with Crippen molar-refractivity contribution in [1.82, 2.24) is 9.44 Å². The first-order valence-electron chi connectivity index (χ1n) is 13.5. The maximum absolute atomic E-state index is 12.0. The molecule has 4 N–H and O–H groups in total. The summed E-state index contributed by atoms with van der Waals surface area (Å²) in [7, 11) is -6.40. The molecule has 0 heterocycles. The molecule has 6 atom stereocenters. The van der Waals surface area contributed by atoms with Gasteiger partial charge in [-0.05, 0) is 49.7 Å². The van der Waals surface area contributed by atoms with Gasteiger partial charge < -0.3 is 9.47 Å². The second-order valence-corrected chi connectivity index (χ2v) is 13.8. The number of hydrogen-bond acceptors (Lipinski definition) is 8. The number of nitrogens with one attached hydrogen (secondary N) is 4. The molecule has 42 heavy (non-hydrogen) atoms. The van der Waals surface area contributed by atoms with Crippen LogP contribution in [0, 0.1) is 21.4 Å². The molecule has 0 aliphatic carbocycles. The van der Waals surface area contributed by atoms with E-state index in [-0.39, 0.29) is 23.3 Å². The minimum absolute atomic E-state index is 0.0133. The quantitative estimate of drug-likeness (QED) is 0.162. The van der Waals surface area contributed by atoms with E-state index < -0.39 is 44.2 Å². The molecular formula is C30H44N4O6S2. The molecule has 0 saturated heterocycles. The molecular weight excluding hydrogens is 576 g/mol. The van der Waals surface area contributed by atoms with Crippen LogP contribution in [0.4, 0.5) is 9.59 Å². The van der Waals surface area contributed by atoms with Gasteiger partial charge in [0.15, 0.2) is 0 Å². The SMILES string of the molecule is C=CC[C@H](C)CS(=N)(=O)NC(=O)O[C@@H](C)c1ccccc1.C=CC[C@H](C)CS(=N)(=O)NC(=O)O[C@@H](C)c1ccccc1. The van der Waals surface area contributed by atoms with Crippen molar-refractivity contribution in [2.75, 3.05) is 11.5 Å². The summed E-state index contributed by atoms with van der Waals surface area (Å²) in [6.45, 7) is 14.4. The molecule has 2 aromatic rings. The van der Waals surface area contributed by atoms with Crippen molar-refractivity contribution in [3.05, 3.63) is 97.1 Å². The van der Waals surface area contributed by atoms with Gasteiger partial charge in [-0.2, -0.15) is 0 Å². The fraction of sp³-hybridized carbons (Fsp3) is 0.400. The van der Waals surface area contributed by atoms with Gasteiger partial charge in [0.05, 0.1) is 11.5 Å². The molecule has 2 amide bonds. The van der Waals surface area contributed by atoms with Crippen molar-refractivity contribution in [2.45, 2.75) is 52.7 Å². The number of benzene rings is 2. The predicted octanol–water partition coefficient (Wildman–Crippen LogP) is 7.30. The Kier molecular flexibility index (Phi) is 15.6. The standard InChI is InChI=1S/2C15H22N2O3S/c2*1-4-8-12(2)11-21(16,19)17-15(18)20-13(3)14-9-6-5-7-10-14/h2*4-7,9-10,12-13H,1,8,11H2,2-3H3,(H2,16,17,18,19)/t2*12-,13-,21?/m00/s1. The van der Waals surface area contributed by atoms with Crippen molar-refractivity contribution in [3.63, 3.8) is 0 Å². The number of ether oxygens (including phenoxy) is 2. The summed E-state index contributed by atoms with van der Waals surface area (Å²) in [6.07, 6.45) is 2.10. The first-order valence-corrected chi connectivity index (χ1v) is 16.9. The third-order valence-corrected chi connectivity index (χ3v) is 8.85. The summed E-state index contributed by atoms with van der Waals surface area (Å²) >= 11 is 0. The predicted molar refractivity (Wildman–Crippen MR) is 168 cm³/mol. The van der Waals surface area contributed by atoms with Crippen molar-refractivity contribution >= 4 is 32.0 Å². The van der Waals surface area contributed by atoms with Gasteiger partial charge in [-0.3, -0.25) is 0 Å². The number of rotatable bonds is 14. The molecule has 12 heteroatoms. The number of amides is 2. The Hall–Kier alpha value is -3.64. The van der Waals surface area contributed by atoms with E-state index in [1.54, 1.807) is 26.0 Å². The van der Waals surface area contributed by atoms with Crippen LogP contribution in [0.1, 0.15) is 63.9 Å². The van der Waals surface area contributed by atoms with Crippen LogP contribution in [0.5, 0.6) is 0 Å².